The van der Waals surface area contributed by atoms with Crippen LogP contribution in [0.5, 0.6) is 0 Å². The van der Waals surface area contributed by atoms with Gasteiger partial charge in [-0.15, -0.1) is 0 Å². The van der Waals surface area contributed by atoms with Crippen LogP contribution in [0.25, 0.3) is 0 Å². The van der Waals surface area contributed by atoms with E-state index in [1.807, 2.05) is 6.92 Å². The van der Waals surface area contributed by atoms with E-state index in [0.29, 0.717) is 45.3 Å². The van der Waals surface area contributed by atoms with Gasteiger partial charge >= 0.3 is 5.97 Å². The Bertz CT molecular complexity index is 541. The second-order valence-electron chi connectivity index (χ2n) is 7.96. The van der Waals surface area contributed by atoms with Gasteiger partial charge in [-0.3, -0.25) is 14.4 Å². The minimum Gasteiger partial charge on any atom is -0.513 e. The minimum absolute atomic E-state index is 0.0589. The fourth-order valence-electron chi connectivity index (χ4n) is 2.42. The molecule has 0 aliphatic carbocycles. The van der Waals surface area contributed by atoms with Crippen molar-refractivity contribution in [1.29, 1.82) is 0 Å². The summed E-state index contributed by atoms with van der Waals surface area (Å²) in [7, 11) is 1.73. The predicted octanol–water partition coefficient (Wildman–Crippen LogP) is 3.89. The Morgan fingerprint density at radius 2 is 1.47 bits per heavy atom. The van der Waals surface area contributed by atoms with Crippen molar-refractivity contribution >= 4 is 23.3 Å². The topological polar surface area (TPSA) is 139 Å². The van der Waals surface area contributed by atoms with Gasteiger partial charge in [0.05, 0.1) is 30.9 Å². The molecule has 0 aromatic carbocycles. The number of Topliss-reactive ketones (excluding diaryl/α,β-unsaturated/α-hetero) is 3. The zero-order valence-corrected chi connectivity index (χ0v) is 22.0. The number of hydrogen-bond donors (Lipinski definition) is 3. The maximum Gasteiger partial charge on any atom is 0.306 e. The van der Waals surface area contributed by atoms with Gasteiger partial charge in [-0.1, -0.05) is 26.8 Å². The summed E-state index contributed by atoms with van der Waals surface area (Å²) in [5, 5.41) is 20.2. The van der Waals surface area contributed by atoms with Gasteiger partial charge < -0.3 is 29.8 Å². The van der Waals surface area contributed by atoms with Crippen LogP contribution in [0.4, 0.5) is 0 Å². The number of ketones is 3. The van der Waals surface area contributed by atoms with Crippen LogP contribution in [0, 0.1) is 5.92 Å². The lowest BCUT2D eigenvalue weighted by Gasteiger charge is -2.10. The van der Waals surface area contributed by atoms with Gasteiger partial charge in [0.1, 0.15) is 18.2 Å². The minimum atomic E-state index is -0.797. The number of aliphatic hydroxyl groups excluding tert-OH is 1. The highest BCUT2D eigenvalue weighted by Crippen LogP contribution is 2.10. The van der Waals surface area contributed by atoms with Crippen molar-refractivity contribution in [3.05, 3.63) is 12.3 Å². The molecule has 9 heteroatoms. The molecule has 34 heavy (non-hydrogen) atoms. The normalized spacial score (nSPS) is 11.7. The number of allylic oxidation sites excluding steroid dienone is 1. The van der Waals surface area contributed by atoms with Crippen LogP contribution in [-0.4, -0.2) is 73.0 Å². The van der Waals surface area contributed by atoms with Crippen molar-refractivity contribution in [2.45, 2.75) is 85.6 Å². The van der Waals surface area contributed by atoms with Gasteiger partial charge in [0.25, 0.3) is 0 Å². The number of unbranched alkanes of at least 4 members (excludes halogenated alkanes) is 1. The monoisotopic (exact) mass is 489 g/mol. The van der Waals surface area contributed by atoms with Gasteiger partial charge in [-0.2, -0.15) is 0 Å². The fraction of sp³-hybridized carbons (Fsp3) is 0.760. The molecule has 2 atom stereocenters. The van der Waals surface area contributed by atoms with Gasteiger partial charge in [-0.25, -0.2) is 0 Å². The van der Waals surface area contributed by atoms with E-state index < -0.39 is 5.97 Å². The number of aliphatic carboxylic acids is 1. The highest BCUT2D eigenvalue weighted by Gasteiger charge is 2.14. The van der Waals surface area contributed by atoms with E-state index in [4.69, 9.17) is 19.7 Å². The van der Waals surface area contributed by atoms with Gasteiger partial charge in [0.2, 0.25) is 0 Å². The fourth-order valence-corrected chi connectivity index (χ4v) is 2.42. The quantitative estimate of drug-likeness (QED) is 0.193. The van der Waals surface area contributed by atoms with Crippen molar-refractivity contribution in [2.75, 3.05) is 33.5 Å². The Morgan fingerprint density at radius 1 is 0.882 bits per heavy atom. The third-order valence-corrected chi connectivity index (χ3v) is 4.57. The van der Waals surface area contributed by atoms with Crippen LogP contribution in [-0.2, 0) is 28.7 Å². The smallest absolute Gasteiger partial charge is 0.306 e. The number of aliphatic hydroxyl groups is 1. The van der Waals surface area contributed by atoms with E-state index in [-0.39, 0.29) is 41.7 Å². The third kappa shape index (κ3) is 29.9. The Morgan fingerprint density at radius 3 is 1.85 bits per heavy atom. The standard InChI is InChI=1S/C9H18O3.C8H15NO2.C8H14O3/c1-3-4-5-11-6-7-12-8-9(2)10;1-6(10)4-5-8(9-3)7(2)11;1-3-7(8(10)11)5-4-6(2)9/h3-8H2,1-2H3;8-10H,1,4-5H2,2-3H3;7H,3-5H2,1-2H3,(H,10,11). The summed E-state index contributed by atoms with van der Waals surface area (Å²) in [6, 6.07) is -0.154. The molecule has 0 fully saturated rings. The van der Waals surface area contributed by atoms with Crippen LogP contribution in [0.1, 0.15) is 79.6 Å². The second-order valence-corrected chi connectivity index (χ2v) is 7.96. The molecule has 0 amide bonds. The molecular formula is C25H47NO8. The lowest BCUT2D eigenvalue weighted by molar-refractivity contribution is -0.142. The summed E-state index contributed by atoms with van der Waals surface area (Å²) in [5.41, 5.74) is 0. The summed E-state index contributed by atoms with van der Waals surface area (Å²) >= 11 is 0. The number of carboxylic acids is 1. The maximum absolute atomic E-state index is 10.8. The number of likely N-dealkylation sites (N-methyl/N-ethyl adjacent to an activating group) is 1. The molecule has 0 heterocycles. The van der Waals surface area contributed by atoms with Gasteiger partial charge in [0.15, 0.2) is 5.78 Å². The molecular weight excluding hydrogens is 442 g/mol. The molecule has 0 saturated carbocycles. The number of carboxylic acid groups (broad SMARTS) is 1. The van der Waals surface area contributed by atoms with Crippen molar-refractivity contribution in [3.63, 3.8) is 0 Å². The summed E-state index contributed by atoms with van der Waals surface area (Å²) in [6.07, 6.45) is 4.78. The number of carbonyl (C=O) groups excluding carboxylic acids is 3. The molecule has 0 aliphatic heterocycles. The van der Waals surface area contributed by atoms with E-state index in [1.165, 1.54) is 20.8 Å². The highest BCUT2D eigenvalue weighted by molar-refractivity contribution is 5.81. The molecule has 0 spiro atoms. The first-order valence-corrected chi connectivity index (χ1v) is 11.8. The van der Waals surface area contributed by atoms with Crippen LogP contribution in [0.3, 0.4) is 0 Å². The van der Waals surface area contributed by atoms with Crippen molar-refractivity contribution < 1.29 is 38.9 Å². The summed E-state index contributed by atoms with van der Waals surface area (Å²) in [5.74, 6) is -0.804. The Labute approximate surface area is 205 Å². The zero-order valence-electron chi connectivity index (χ0n) is 22.0. The third-order valence-electron chi connectivity index (χ3n) is 4.57. The Kier molecular flexibility index (Phi) is 27.4. The molecule has 0 aliphatic rings. The molecule has 0 aromatic heterocycles. The SMILES string of the molecule is C=C(O)CCC(NC)C(C)=O.CCC(CCC(C)=O)C(=O)O.CCCCOCCOCC(C)=O. The van der Waals surface area contributed by atoms with Crippen LogP contribution in [0.15, 0.2) is 12.3 Å². The van der Waals surface area contributed by atoms with E-state index in [2.05, 4.69) is 18.8 Å². The molecule has 9 nitrogen and oxygen atoms in total. The number of nitrogens with one attached hydrogen (secondary N) is 1. The molecule has 0 rings (SSSR count). The van der Waals surface area contributed by atoms with Crippen LogP contribution < -0.4 is 5.32 Å². The summed E-state index contributed by atoms with van der Waals surface area (Å²) in [4.78, 5) is 42.2. The number of hydrogen-bond acceptors (Lipinski definition) is 8. The first-order chi connectivity index (χ1) is 15.9. The average molecular weight is 490 g/mol. The lowest BCUT2D eigenvalue weighted by atomic mass is 10.00. The molecule has 0 saturated heterocycles. The second kappa shape index (κ2) is 25.5. The maximum atomic E-state index is 10.8. The van der Waals surface area contributed by atoms with Gasteiger partial charge in [0, 0.05) is 19.4 Å². The molecule has 0 aromatic rings. The number of carbonyl (C=O) groups is 4. The predicted molar refractivity (Wildman–Crippen MR) is 133 cm³/mol. The van der Waals surface area contributed by atoms with Crippen molar-refractivity contribution in [2.24, 2.45) is 5.92 Å². The summed E-state index contributed by atoms with van der Waals surface area (Å²) < 4.78 is 10.2. The van der Waals surface area contributed by atoms with E-state index in [0.717, 1.165) is 19.4 Å². The van der Waals surface area contributed by atoms with E-state index in [1.54, 1.807) is 7.05 Å². The Hall–Kier alpha value is -2.10. The highest BCUT2D eigenvalue weighted by atomic mass is 16.5. The van der Waals surface area contributed by atoms with Crippen molar-refractivity contribution in [1.82, 2.24) is 5.32 Å². The molecule has 3 N–H and O–H groups in total. The largest absolute Gasteiger partial charge is 0.513 e. The van der Waals surface area contributed by atoms with Crippen molar-refractivity contribution in [3.8, 4) is 0 Å². The van der Waals surface area contributed by atoms with Crippen LogP contribution >= 0.6 is 0 Å². The number of ether oxygens (including phenoxy) is 2. The first-order valence-electron chi connectivity index (χ1n) is 11.8. The molecule has 0 bridgehead atoms. The first kappa shape index (κ1) is 36.5. The number of rotatable bonds is 18. The lowest BCUT2D eigenvalue weighted by Crippen LogP contribution is -2.32. The van der Waals surface area contributed by atoms with Crippen LogP contribution in [0.2, 0.25) is 0 Å². The average Bonchev–Trinajstić information content (AvgIpc) is 2.74. The van der Waals surface area contributed by atoms with E-state index in [9.17, 15) is 19.2 Å². The molecule has 2 unspecified atom stereocenters. The molecule has 0 radical (unpaired) electrons. The summed E-state index contributed by atoms with van der Waals surface area (Å²) in [6.45, 7) is 13.9. The molecule has 200 valence electrons. The Balaban J connectivity index is -0.000000425. The van der Waals surface area contributed by atoms with E-state index >= 15 is 0 Å². The van der Waals surface area contributed by atoms with Gasteiger partial charge in [-0.05, 0) is 53.5 Å². The zero-order chi connectivity index (χ0) is 26.9.